The molecule has 40 heteroatoms. The van der Waals surface area contributed by atoms with E-state index in [-0.39, 0.29) is 37.4 Å². The van der Waals surface area contributed by atoms with Gasteiger partial charge in [0.1, 0.15) is 43.2 Å². The Morgan fingerprint density at radius 2 is 0.602 bits per heavy atom. The van der Waals surface area contributed by atoms with Gasteiger partial charge in [-0.1, -0.05) is 64.1 Å². The van der Waals surface area contributed by atoms with E-state index in [9.17, 15) is 71.9 Å². The summed E-state index contributed by atoms with van der Waals surface area (Å²) < 4.78 is 136. The van der Waals surface area contributed by atoms with E-state index in [4.69, 9.17) is 114 Å². The molecule has 6 fully saturated rings. The molecule has 0 aromatic heterocycles. The van der Waals surface area contributed by atoms with E-state index in [2.05, 4.69) is 22.6 Å². The molecule has 0 amide bonds. The molecular formula is C73H109IO39. The maximum absolute atomic E-state index is 12.1. The van der Waals surface area contributed by atoms with Crippen LogP contribution in [0, 0.1) is 29.6 Å². The quantitative estimate of drug-likeness (QED) is 0.0538. The first kappa shape index (κ1) is 97.8. The van der Waals surface area contributed by atoms with Crippen molar-refractivity contribution in [2.45, 2.75) is 326 Å². The maximum Gasteiger partial charge on any atom is 0.305 e. The van der Waals surface area contributed by atoms with Gasteiger partial charge in [0.2, 0.25) is 31.1 Å². The number of esters is 15. The number of ether oxygens (including phenoxy) is 24. The van der Waals surface area contributed by atoms with Crippen LogP contribution in [0.1, 0.15) is 173 Å². The second kappa shape index (κ2) is 44.5. The number of hydrogen-bond acceptors (Lipinski definition) is 39. The Morgan fingerprint density at radius 3 is 1.03 bits per heavy atom. The lowest BCUT2D eigenvalue weighted by molar-refractivity contribution is -0.364. The first-order chi connectivity index (χ1) is 52.5. The highest BCUT2D eigenvalue weighted by Crippen LogP contribution is 2.43. The second-order valence-corrected chi connectivity index (χ2v) is 29.0. The van der Waals surface area contributed by atoms with Crippen molar-refractivity contribution in [1.82, 2.24) is 0 Å². The molecule has 0 N–H and O–H groups in total. The fourth-order valence-corrected chi connectivity index (χ4v) is 14.0. The molecule has 6 aliphatic rings. The van der Waals surface area contributed by atoms with Gasteiger partial charge in [-0.05, 0) is 33.1 Å². The molecule has 642 valence electrons. The van der Waals surface area contributed by atoms with Crippen LogP contribution in [-0.4, -0.2) is 260 Å². The van der Waals surface area contributed by atoms with Crippen LogP contribution in [0.4, 0.5) is 0 Å². The van der Waals surface area contributed by atoms with Gasteiger partial charge in [0, 0.05) is 132 Å². The van der Waals surface area contributed by atoms with Crippen molar-refractivity contribution in [2.24, 2.45) is 29.6 Å². The summed E-state index contributed by atoms with van der Waals surface area (Å²) >= 11 is 2.12. The summed E-state index contributed by atoms with van der Waals surface area (Å²) in [5, 5.41) is 0. The number of rotatable bonds is 25. The summed E-state index contributed by atoms with van der Waals surface area (Å²) in [6, 6.07) is 0. The lowest BCUT2D eigenvalue weighted by Gasteiger charge is -2.51. The Bertz CT molecular complexity index is 3310. The predicted octanol–water partition coefficient (Wildman–Crippen LogP) is 4.05. The highest BCUT2D eigenvalue weighted by molar-refractivity contribution is 14.1. The Labute approximate surface area is 667 Å². The van der Waals surface area contributed by atoms with Crippen LogP contribution in [0.2, 0.25) is 0 Å². The summed E-state index contributed by atoms with van der Waals surface area (Å²) in [5.41, 5.74) is -1.33. The molecule has 113 heavy (non-hydrogen) atoms. The van der Waals surface area contributed by atoms with Crippen molar-refractivity contribution in [3.63, 3.8) is 0 Å². The van der Waals surface area contributed by atoms with Crippen LogP contribution >= 0.6 is 22.6 Å². The normalized spacial score (nSPS) is 35.8. The van der Waals surface area contributed by atoms with Crippen LogP contribution in [0.5, 0.6) is 0 Å². The third-order valence-corrected chi connectivity index (χ3v) is 19.6. The molecule has 0 radical (unpaired) electrons. The molecule has 6 saturated heterocycles. The SMILES string of the molecule is CC(=O)OCC1(C)OC(O[C@@H]2C(C)O[C@@H](OC(C)=O)C(OC(C)=O)[C@H]2OC(C)=O)[C@@H](OC(C)=O)[C@@H](OC(C)=O)[C@@H]1C.CC(=O)OCC1OC(OC2C(CI)OC(OC(C)=O)C(OC(C)=O)C2C)C(OC(C)=O)C(C)C1C.CCC1O[C@@H](OC(C)=O)C(OC(C)=O)[C@@H](OC(C)=O)[C@@H]1O[C@H]1OC(C)[C@@H](C)[C@H](OC(C)=O)C1OC(C)=O. The standard InChI is InChI=1S/C26H38O15.C24H36O13.C23H35IO11/c1-11-19(35-14(4)28)22(37-16(6)30)25(41-26(11,9)10-33-13(3)27)40-20-12(2)34-24(39-18(8)32)23(38-17(7)31)21(20)36-15(5)29;1-9-17-19(20(32-13(5)26)22(34-15(7)28)24(36-17)35-16(8)29)37-23-21(33-14(6)27)18(31-12(4)25)10(2)11(3)30-23;1-10-11(2)20(30-14(5)26)23(34-18(10)9-29-13(4)25)35-19-12(3)21(31-15(6)27)22(32-16(7)28)33-17(19)8-24/h11-12,19-25H,10H2,1-9H3;10-11,17-24H,9H2,1-8H3;10-12,17-23H,8-9H2,1-7H3/t11-,12?,19-,20+,21-,22-,23?,24-,25?,26?;10-,11?,17?,18+,19-,20+,21?,22?,23-,24-;/m01./s1. The van der Waals surface area contributed by atoms with Gasteiger partial charge in [0.15, 0.2) is 55.5 Å². The van der Waals surface area contributed by atoms with Crippen molar-refractivity contribution in [3.8, 4) is 0 Å². The monoisotopic (exact) mass is 1740 g/mol. The highest BCUT2D eigenvalue weighted by atomic mass is 127. The Morgan fingerprint density at radius 1 is 0.283 bits per heavy atom. The van der Waals surface area contributed by atoms with Crippen LogP contribution in [0.3, 0.4) is 0 Å². The molecule has 0 aromatic rings. The molecule has 0 spiro atoms. The molecule has 0 bridgehead atoms. The largest absolute Gasteiger partial charge is 0.463 e. The Kier molecular flexibility index (Phi) is 38.5. The summed E-state index contributed by atoms with van der Waals surface area (Å²) in [6.45, 7) is 33.1. The summed E-state index contributed by atoms with van der Waals surface area (Å²) in [5.74, 6) is -11.7. The number of hydrogen-bond donors (Lipinski definition) is 0. The van der Waals surface area contributed by atoms with Crippen molar-refractivity contribution in [3.05, 3.63) is 0 Å². The van der Waals surface area contributed by atoms with E-state index in [1.165, 1.54) is 62.3 Å². The van der Waals surface area contributed by atoms with Crippen molar-refractivity contribution in [1.29, 1.82) is 0 Å². The topological polar surface area (TPSA) is 478 Å². The maximum atomic E-state index is 12.1. The average Bonchev–Trinajstić information content (AvgIpc) is 0.745. The summed E-state index contributed by atoms with van der Waals surface area (Å²) in [6.07, 6.45) is -25.7. The van der Waals surface area contributed by atoms with Crippen LogP contribution in [-0.2, 0) is 186 Å². The third-order valence-electron chi connectivity index (χ3n) is 18.8. The van der Waals surface area contributed by atoms with E-state index >= 15 is 0 Å². The zero-order chi connectivity index (χ0) is 85.7. The minimum Gasteiger partial charge on any atom is -0.463 e. The van der Waals surface area contributed by atoms with Gasteiger partial charge >= 0.3 is 89.5 Å². The smallest absolute Gasteiger partial charge is 0.305 e. The Hall–Kier alpha value is -7.58. The van der Waals surface area contributed by atoms with Gasteiger partial charge in [0.25, 0.3) is 0 Å². The first-order valence-corrected chi connectivity index (χ1v) is 38.1. The molecule has 0 saturated carbocycles. The summed E-state index contributed by atoms with van der Waals surface area (Å²) in [7, 11) is 0. The average molecular weight is 1740 g/mol. The zero-order valence-corrected chi connectivity index (χ0v) is 70.0. The van der Waals surface area contributed by atoms with Gasteiger partial charge < -0.3 is 114 Å². The van der Waals surface area contributed by atoms with E-state index < -0.39 is 255 Å². The third kappa shape index (κ3) is 29.0. The van der Waals surface area contributed by atoms with Crippen molar-refractivity contribution in [2.75, 3.05) is 17.6 Å². The molecule has 30 atom stereocenters. The first-order valence-electron chi connectivity index (χ1n) is 36.5. The molecule has 6 aliphatic heterocycles. The number of halogens is 1. The number of carbonyl (C=O) groups excluding carboxylic acids is 15. The molecule has 39 nitrogen and oxygen atoms in total. The minimum atomic E-state index is -1.52. The van der Waals surface area contributed by atoms with E-state index in [0.29, 0.717) is 4.43 Å². The molecule has 6 rings (SSSR count). The highest BCUT2D eigenvalue weighted by Gasteiger charge is 2.60. The van der Waals surface area contributed by atoms with Gasteiger partial charge in [-0.25, -0.2) is 0 Å². The van der Waals surface area contributed by atoms with E-state index in [0.717, 1.165) is 48.5 Å². The molecule has 0 aliphatic carbocycles. The summed E-state index contributed by atoms with van der Waals surface area (Å²) in [4.78, 5) is 178. The van der Waals surface area contributed by atoms with E-state index in [1.54, 1.807) is 41.5 Å². The molecule has 0 aromatic carbocycles. The van der Waals surface area contributed by atoms with Gasteiger partial charge in [0.05, 0.1) is 36.6 Å². The predicted molar refractivity (Wildman–Crippen MR) is 382 cm³/mol. The zero-order valence-electron chi connectivity index (χ0n) is 67.9. The van der Waals surface area contributed by atoms with Crippen molar-refractivity contribution < 1.29 is 186 Å². The van der Waals surface area contributed by atoms with Gasteiger partial charge in [-0.2, -0.15) is 0 Å². The van der Waals surface area contributed by atoms with Gasteiger partial charge in [-0.3, -0.25) is 71.9 Å². The minimum absolute atomic E-state index is 0.0184. The molecule has 18 unspecified atom stereocenters. The number of carbonyl (C=O) groups is 15. The molecular weight excluding hydrogens is 1630 g/mol. The number of alkyl halides is 1. The van der Waals surface area contributed by atoms with Crippen LogP contribution in [0.15, 0.2) is 0 Å². The fraction of sp³-hybridized carbons (Fsp3) is 0.795. The lowest BCUT2D eigenvalue weighted by atomic mass is 9.81. The van der Waals surface area contributed by atoms with E-state index in [1.807, 2.05) is 13.8 Å². The second-order valence-electron chi connectivity index (χ2n) is 28.1. The Balaban J connectivity index is 0.000000358. The molecule has 6 heterocycles. The van der Waals surface area contributed by atoms with Gasteiger partial charge in [-0.15, -0.1) is 0 Å². The van der Waals surface area contributed by atoms with Crippen LogP contribution < -0.4 is 0 Å². The van der Waals surface area contributed by atoms with Crippen LogP contribution in [0.25, 0.3) is 0 Å². The fourth-order valence-electron chi connectivity index (χ4n) is 13.3. The lowest BCUT2D eigenvalue weighted by Crippen LogP contribution is -2.67. The van der Waals surface area contributed by atoms with Crippen molar-refractivity contribution >= 4 is 112 Å².